The molecule has 1 fully saturated rings. The van der Waals surface area contributed by atoms with Crippen LogP contribution in [0.1, 0.15) is 30.1 Å². The van der Waals surface area contributed by atoms with Crippen molar-refractivity contribution in [1.29, 1.82) is 0 Å². The first-order chi connectivity index (χ1) is 12.1. The number of hydrogen-bond donors (Lipinski definition) is 2. The van der Waals surface area contributed by atoms with Crippen molar-refractivity contribution in [2.24, 2.45) is 14.1 Å². The Morgan fingerprint density at radius 3 is 2.96 bits per heavy atom. The Labute approximate surface area is 146 Å². The van der Waals surface area contributed by atoms with Gasteiger partial charge in [-0.25, -0.2) is 0 Å². The third-order valence-electron chi connectivity index (χ3n) is 4.85. The molecule has 1 amide bonds. The highest BCUT2D eigenvalue weighted by Gasteiger charge is 2.30. The second kappa shape index (κ2) is 6.33. The molecule has 0 spiro atoms. The number of rotatable bonds is 4. The van der Waals surface area contributed by atoms with Gasteiger partial charge in [-0.2, -0.15) is 10.2 Å². The average Bonchev–Trinajstić information content (AvgIpc) is 3.18. The summed E-state index contributed by atoms with van der Waals surface area (Å²) in [6.07, 6.45) is 5.12. The van der Waals surface area contributed by atoms with Gasteiger partial charge in [0.2, 0.25) is 5.91 Å². The van der Waals surface area contributed by atoms with E-state index >= 15 is 0 Å². The zero-order valence-corrected chi connectivity index (χ0v) is 14.4. The van der Waals surface area contributed by atoms with Crippen molar-refractivity contribution in [2.45, 2.75) is 31.5 Å². The maximum Gasteiger partial charge on any atom is 0.220 e. The number of hydrogen-bond acceptors (Lipinski definition) is 4. The minimum Gasteiger partial charge on any atom is -0.348 e. The zero-order valence-electron chi connectivity index (χ0n) is 14.4. The molecule has 0 saturated carbocycles. The van der Waals surface area contributed by atoms with Gasteiger partial charge in [0, 0.05) is 50.2 Å². The first-order valence-electron chi connectivity index (χ1n) is 8.54. The lowest BCUT2D eigenvalue weighted by atomic mass is 9.93. The topological polar surface area (TPSA) is 76.8 Å². The fourth-order valence-corrected chi connectivity index (χ4v) is 3.58. The number of nitrogens with zero attached hydrogens (tertiary/aromatic N) is 4. The van der Waals surface area contributed by atoms with E-state index in [-0.39, 0.29) is 18.0 Å². The third kappa shape index (κ3) is 3.02. The molecule has 130 valence electrons. The Morgan fingerprint density at radius 2 is 2.16 bits per heavy atom. The van der Waals surface area contributed by atoms with E-state index in [0.717, 1.165) is 28.6 Å². The van der Waals surface area contributed by atoms with Crippen LogP contribution in [0.3, 0.4) is 0 Å². The van der Waals surface area contributed by atoms with Crippen molar-refractivity contribution in [3.8, 4) is 0 Å². The maximum absolute atomic E-state index is 11.9. The van der Waals surface area contributed by atoms with Crippen LogP contribution in [-0.4, -0.2) is 31.5 Å². The van der Waals surface area contributed by atoms with E-state index < -0.39 is 0 Å². The molecule has 1 aromatic carbocycles. The number of aryl methyl sites for hydroxylation is 2. The van der Waals surface area contributed by atoms with Crippen molar-refractivity contribution >= 4 is 16.8 Å². The quantitative estimate of drug-likeness (QED) is 0.754. The molecule has 4 rings (SSSR count). The molecule has 0 unspecified atom stereocenters. The first-order valence-corrected chi connectivity index (χ1v) is 8.54. The number of para-hydroxylation sites is 1. The predicted octanol–water partition coefficient (Wildman–Crippen LogP) is 1.42. The predicted molar refractivity (Wildman–Crippen MR) is 94.7 cm³/mol. The molecular weight excluding hydrogens is 316 g/mol. The summed E-state index contributed by atoms with van der Waals surface area (Å²) in [5.74, 6) is 0.0928. The lowest BCUT2D eigenvalue weighted by Gasteiger charge is -2.32. The highest BCUT2D eigenvalue weighted by Crippen LogP contribution is 2.25. The smallest absolute Gasteiger partial charge is 0.220 e. The molecule has 1 aliphatic rings. The van der Waals surface area contributed by atoms with Crippen molar-refractivity contribution in [1.82, 2.24) is 30.2 Å². The SMILES string of the molecule is Cn1cc([C@@H]2NC(=O)CC[C@H]2NCc2nn(C)c3ccccc23)cn1. The van der Waals surface area contributed by atoms with Gasteiger partial charge in [-0.05, 0) is 12.5 Å². The second-order valence-electron chi connectivity index (χ2n) is 6.61. The third-order valence-corrected chi connectivity index (χ3v) is 4.85. The standard InChI is InChI=1S/C18H22N6O/c1-23-11-12(9-20-23)18-14(7-8-17(25)21-18)19-10-15-13-5-3-4-6-16(13)24(2)22-15/h3-6,9,11,14,18-19H,7-8,10H2,1-2H3,(H,21,25)/t14-,18+/m1/s1. The van der Waals surface area contributed by atoms with Gasteiger partial charge < -0.3 is 10.6 Å². The number of amides is 1. The summed E-state index contributed by atoms with van der Waals surface area (Å²) in [4.78, 5) is 11.9. The first kappa shape index (κ1) is 15.8. The zero-order chi connectivity index (χ0) is 17.4. The molecule has 7 nitrogen and oxygen atoms in total. The van der Waals surface area contributed by atoms with Gasteiger partial charge in [0.25, 0.3) is 0 Å². The minimum atomic E-state index is -0.0649. The Bertz CT molecular complexity index is 911. The molecule has 0 radical (unpaired) electrons. The Kier molecular flexibility index (Phi) is 4.01. The number of fused-ring (bicyclic) bond motifs is 1. The van der Waals surface area contributed by atoms with Gasteiger partial charge in [-0.1, -0.05) is 18.2 Å². The Hall–Kier alpha value is -2.67. The van der Waals surface area contributed by atoms with Gasteiger partial charge in [0.05, 0.1) is 23.4 Å². The molecule has 7 heteroatoms. The second-order valence-corrected chi connectivity index (χ2v) is 6.61. The molecule has 3 aromatic rings. The molecule has 0 bridgehead atoms. The summed E-state index contributed by atoms with van der Waals surface area (Å²) in [5.41, 5.74) is 3.18. The highest BCUT2D eigenvalue weighted by molar-refractivity contribution is 5.81. The van der Waals surface area contributed by atoms with Crippen LogP contribution in [0.2, 0.25) is 0 Å². The summed E-state index contributed by atoms with van der Waals surface area (Å²) in [6.45, 7) is 0.665. The molecule has 25 heavy (non-hydrogen) atoms. The molecule has 2 N–H and O–H groups in total. The summed E-state index contributed by atoms with van der Waals surface area (Å²) in [7, 11) is 3.85. The van der Waals surface area contributed by atoms with Crippen LogP contribution in [0.5, 0.6) is 0 Å². The van der Waals surface area contributed by atoms with Crippen molar-refractivity contribution in [2.75, 3.05) is 0 Å². The summed E-state index contributed by atoms with van der Waals surface area (Å²) >= 11 is 0. The molecule has 1 saturated heterocycles. The van der Waals surface area contributed by atoms with E-state index in [1.165, 1.54) is 0 Å². The van der Waals surface area contributed by atoms with Crippen molar-refractivity contribution in [3.63, 3.8) is 0 Å². The van der Waals surface area contributed by atoms with Crippen LogP contribution in [-0.2, 0) is 25.4 Å². The van der Waals surface area contributed by atoms with Gasteiger partial charge in [0.15, 0.2) is 0 Å². The maximum atomic E-state index is 11.9. The van der Waals surface area contributed by atoms with E-state index in [9.17, 15) is 4.79 Å². The fraction of sp³-hybridized carbons (Fsp3) is 0.389. The van der Waals surface area contributed by atoms with Crippen LogP contribution in [0, 0.1) is 0 Å². The lowest BCUT2D eigenvalue weighted by Crippen LogP contribution is -2.48. The Balaban J connectivity index is 1.54. The van der Waals surface area contributed by atoms with Gasteiger partial charge in [0.1, 0.15) is 0 Å². The van der Waals surface area contributed by atoms with E-state index in [1.54, 1.807) is 4.68 Å². The van der Waals surface area contributed by atoms with Gasteiger partial charge in [-0.3, -0.25) is 14.2 Å². The number of nitrogens with one attached hydrogen (secondary N) is 2. The van der Waals surface area contributed by atoms with Crippen LogP contribution >= 0.6 is 0 Å². The largest absolute Gasteiger partial charge is 0.348 e. The number of piperidine rings is 1. The molecule has 3 heterocycles. The summed E-state index contributed by atoms with van der Waals surface area (Å²) in [5, 5.41) is 16.7. The molecule has 1 aliphatic heterocycles. The van der Waals surface area contributed by atoms with Crippen LogP contribution in [0.25, 0.3) is 10.9 Å². The van der Waals surface area contributed by atoms with E-state index in [1.807, 2.05) is 43.3 Å². The van der Waals surface area contributed by atoms with E-state index in [2.05, 4.69) is 33.0 Å². The average molecular weight is 338 g/mol. The number of carbonyl (C=O) groups excluding carboxylic acids is 1. The van der Waals surface area contributed by atoms with Crippen molar-refractivity contribution in [3.05, 3.63) is 47.9 Å². The van der Waals surface area contributed by atoms with Gasteiger partial charge >= 0.3 is 0 Å². The molecule has 2 atom stereocenters. The summed E-state index contributed by atoms with van der Waals surface area (Å²) in [6, 6.07) is 8.32. The molecule has 0 aliphatic carbocycles. The molecular formula is C18H22N6O. The lowest BCUT2D eigenvalue weighted by molar-refractivity contribution is -0.123. The highest BCUT2D eigenvalue weighted by atomic mass is 16.1. The minimum absolute atomic E-state index is 0.0649. The number of benzene rings is 1. The van der Waals surface area contributed by atoms with Gasteiger partial charge in [-0.15, -0.1) is 0 Å². The van der Waals surface area contributed by atoms with E-state index in [4.69, 9.17) is 0 Å². The monoisotopic (exact) mass is 338 g/mol. The molecule has 2 aromatic heterocycles. The normalized spacial score (nSPS) is 20.8. The van der Waals surface area contributed by atoms with Crippen LogP contribution < -0.4 is 10.6 Å². The Morgan fingerprint density at radius 1 is 1.32 bits per heavy atom. The van der Waals surface area contributed by atoms with Crippen LogP contribution in [0.4, 0.5) is 0 Å². The van der Waals surface area contributed by atoms with E-state index in [0.29, 0.717) is 13.0 Å². The van der Waals surface area contributed by atoms with Crippen molar-refractivity contribution < 1.29 is 4.79 Å². The number of aromatic nitrogens is 4. The van der Waals surface area contributed by atoms with Crippen LogP contribution in [0.15, 0.2) is 36.7 Å². The fourth-order valence-electron chi connectivity index (χ4n) is 3.58. The number of carbonyl (C=O) groups is 1. The summed E-state index contributed by atoms with van der Waals surface area (Å²) < 4.78 is 3.67.